The van der Waals surface area contributed by atoms with Crippen LogP contribution in [-0.2, 0) is 11.2 Å². The van der Waals surface area contributed by atoms with E-state index in [0.29, 0.717) is 5.69 Å². The maximum atomic E-state index is 12.9. The van der Waals surface area contributed by atoms with Gasteiger partial charge >= 0.3 is 6.18 Å². The van der Waals surface area contributed by atoms with Crippen LogP contribution < -0.4 is 4.90 Å². The molecule has 0 aliphatic carbocycles. The van der Waals surface area contributed by atoms with Crippen molar-refractivity contribution in [2.75, 3.05) is 19.0 Å². The lowest BCUT2D eigenvalue weighted by Crippen LogP contribution is -2.25. The van der Waals surface area contributed by atoms with Crippen molar-refractivity contribution in [2.45, 2.75) is 12.6 Å². The van der Waals surface area contributed by atoms with Crippen LogP contribution in [-0.4, -0.2) is 26.1 Å². The van der Waals surface area contributed by atoms with Gasteiger partial charge in [-0.1, -0.05) is 0 Å². The molecule has 0 atom stereocenters. The van der Waals surface area contributed by atoms with Crippen LogP contribution in [0.4, 0.5) is 23.2 Å². The number of halogens is 4. The fraction of sp³-hybridized carbons (Fsp3) is 0.364. The summed E-state index contributed by atoms with van der Waals surface area (Å²) in [7, 11) is 3.21. The van der Waals surface area contributed by atoms with E-state index in [-0.39, 0.29) is 5.56 Å². The van der Waals surface area contributed by atoms with Crippen LogP contribution in [0, 0.1) is 5.82 Å². The molecule has 0 radical (unpaired) electrons. The van der Waals surface area contributed by atoms with Gasteiger partial charge < -0.3 is 4.90 Å². The Morgan fingerprint density at radius 2 is 1.88 bits per heavy atom. The maximum absolute atomic E-state index is 12.9. The van der Waals surface area contributed by atoms with E-state index in [9.17, 15) is 22.4 Å². The van der Waals surface area contributed by atoms with Crippen molar-refractivity contribution in [2.24, 2.45) is 0 Å². The first-order chi connectivity index (χ1) is 7.71. The summed E-state index contributed by atoms with van der Waals surface area (Å²) in [6.45, 7) is 0. The molecule has 17 heavy (non-hydrogen) atoms. The number of carbonyl (C=O) groups excluding carboxylic acids is 1. The van der Waals surface area contributed by atoms with Crippen molar-refractivity contribution < 1.29 is 22.4 Å². The number of ketones is 1. The first-order valence-electron chi connectivity index (χ1n) is 4.77. The lowest BCUT2D eigenvalue weighted by molar-refractivity contribution is -0.170. The molecule has 0 spiro atoms. The number of anilines is 1. The van der Waals surface area contributed by atoms with Gasteiger partial charge in [0.1, 0.15) is 5.82 Å². The van der Waals surface area contributed by atoms with Crippen LogP contribution in [0.25, 0.3) is 0 Å². The number of carbonyl (C=O) groups is 1. The Kier molecular flexibility index (Phi) is 3.75. The first kappa shape index (κ1) is 13.5. The molecule has 0 saturated heterocycles. The smallest absolute Gasteiger partial charge is 0.377 e. The van der Waals surface area contributed by atoms with Gasteiger partial charge in [-0.2, -0.15) is 13.2 Å². The minimum atomic E-state index is -4.89. The van der Waals surface area contributed by atoms with Crippen molar-refractivity contribution in [3.8, 4) is 0 Å². The minimum absolute atomic E-state index is 0.0253. The third-order valence-corrected chi connectivity index (χ3v) is 2.19. The molecule has 1 rings (SSSR count). The normalized spacial score (nSPS) is 11.4. The molecule has 1 aromatic rings. The van der Waals surface area contributed by atoms with Gasteiger partial charge in [-0.15, -0.1) is 0 Å². The quantitative estimate of drug-likeness (QED) is 0.767. The second-order valence-corrected chi connectivity index (χ2v) is 3.77. The highest BCUT2D eigenvalue weighted by Gasteiger charge is 2.38. The molecule has 0 N–H and O–H groups in total. The summed E-state index contributed by atoms with van der Waals surface area (Å²) < 4.78 is 49.3. The molecule has 0 unspecified atom stereocenters. The average Bonchev–Trinajstić information content (AvgIpc) is 2.15. The molecule has 0 fully saturated rings. The second kappa shape index (κ2) is 4.73. The zero-order valence-corrected chi connectivity index (χ0v) is 9.31. The number of hydrogen-bond donors (Lipinski definition) is 0. The summed E-state index contributed by atoms with van der Waals surface area (Å²) in [5.41, 5.74) is 0.418. The fourth-order valence-electron chi connectivity index (χ4n) is 1.41. The Labute approximate surface area is 95.8 Å². The number of rotatable bonds is 3. The molecule has 94 valence electrons. The monoisotopic (exact) mass is 249 g/mol. The summed E-state index contributed by atoms with van der Waals surface area (Å²) >= 11 is 0. The van der Waals surface area contributed by atoms with E-state index >= 15 is 0 Å². The summed E-state index contributed by atoms with van der Waals surface area (Å²) in [5.74, 6) is -2.55. The van der Waals surface area contributed by atoms with E-state index in [4.69, 9.17) is 0 Å². The van der Waals surface area contributed by atoms with Crippen LogP contribution in [0.2, 0.25) is 0 Å². The van der Waals surface area contributed by atoms with Gasteiger partial charge in [0, 0.05) is 26.2 Å². The standard InChI is InChI=1S/C11H11F4NO/c1-16(2)9-4-3-8(12)5-7(9)6-10(17)11(13,14)15/h3-5H,6H2,1-2H3. The zero-order chi connectivity index (χ0) is 13.2. The lowest BCUT2D eigenvalue weighted by Gasteiger charge is -2.17. The van der Waals surface area contributed by atoms with Crippen molar-refractivity contribution in [1.29, 1.82) is 0 Å². The number of Topliss-reactive ketones (excluding diaryl/α,β-unsaturated/α-hetero) is 1. The Morgan fingerprint density at radius 1 is 1.29 bits per heavy atom. The predicted octanol–water partition coefficient (Wildman–Crippen LogP) is 2.57. The molecule has 0 amide bonds. The third kappa shape index (κ3) is 3.44. The van der Waals surface area contributed by atoms with E-state index in [1.165, 1.54) is 11.0 Å². The third-order valence-electron chi connectivity index (χ3n) is 2.19. The molecule has 0 aliphatic rings. The summed E-state index contributed by atoms with van der Waals surface area (Å²) in [6.07, 6.45) is -5.75. The van der Waals surface area contributed by atoms with E-state index in [0.717, 1.165) is 12.1 Å². The molecular weight excluding hydrogens is 238 g/mol. The second-order valence-electron chi connectivity index (χ2n) is 3.77. The van der Waals surface area contributed by atoms with E-state index in [1.54, 1.807) is 14.1 Å². The van der Waals surface area contributed by atoms with Gasteiger partial charge in [0.05, 0.1) is 0 Å². The first-order valence-corrected chi connectivity index (χ1v) is 4.77. The molecule has 0 bridgehead atoms. The SMILES string of the molecule is CN(C)c1ccc(F)cc1CC(=O)C(F)(F)F. The Morgan fingerprint density at radius 3 is 2.35 bits per heavy atom. The lowest BCUT2D eigenvalue weighted by atomic mass is 10.1. The topological polar surface area (TPSA) is 20.3 Å². The number of benzene rings is 1. The molecule has 0 aromatic heterocycles. The molecule has 6 heteroatoms. The predicted molar refractivity (Wildman–Crippen MR) is 55.5 cm³/mol. The minimum Gasteiger partial charge on any atom is -0.377 e. The Bertz CT molecular complexity index is 426. The van der Waals surface area contributed by atoms with Gasteiger partial charge in [0.2, 0.25) is 5.78 Å². The van der Waals surface area contributed by atoms with Crippen LogP contribution in [0.1, 0.15) is 5.56 Å². The van der Waals surface area contributed by atoms with Gasteiger partial charge in [-0.3, -0.25) is 4.79 Å². The summed E-state index contributed by atoms with van der Waals surface area (Å²) in [4.78, 5) is 12.4. The highest BCUT2D eigenvalue weighted by atomic mass is 19.4. The van der Waals surface area contributed by atoms with Crippen LogP contribution in [0.3, 0.4) is 0 Å². The summed E-state index contributed by atoms with van der Waals surface area (Å²) in [6, 6.07) is 3.42. The molecular formula is C11H11F4NO. The number of alkyl halides is 3. The van der Waals surface area contributed by atoms with Gasteiger partial charge in [0.15, 0.2) is 0 Å². The maximum Gasteiger partial charge on any atom is 0.450 e. The molecule has 1 aromatic carbocycles. The summed E-state index contributed by atoms with van der Waals surface area (Å²) in [5, 5.41) is 0. The highest BCUT2D eigenvalue weighted by molar-refractivity contribution is 5.87. The van der Waals surface area contributed by atoms with Crippen LogP contribution in [0.5, 0.6) is 0 Å². The van der Waals surface area contributed by atoms with Crippen molar-refractivity contribution in [3.05, 3.63) is 29.6 Å². The zero-order valence-electron chi connectivity index (χ0n) is 9.31. The van der Waals surface area contributed by atoms with Gasteiger partial charge in [-0.05, 0) is 23.8 Å². The van der Waals surface area contributed by atoms with Crippen molar-refractivity contribution in [1.82, 2.24) is 0 Å². The van der Waals surface area contributed by atoms with E-state index < -0.39 is 24.2 Å². The van der Waals surface area contributed by atoms with Gasteiger partial charge in [0.25, 0.3) is 0 Å². The number of nitrogens with zero attached hydrogens (tertiary/aromatic N) is 1. The van der Waals surface area contributed by atoms with Gasteiger partial charge in [-0.25, -0.2) is 4.39 Å². The number of hydrogen-bond acceptors (Lipinski definition) is 2. The van der Waals surface area contributed by atoms with Crippen molar-refractivity contribution in [3.63, 3.8) is 0 Å². The van der Waals surface area contributed by atoms with Crippen LogP contribution >= 0.6 is 0 Å². The largest absolute Gasteiger partial charge is 0.450 e. The molecule has 2 nitrogen and oxygen atoms in total. The van der Waals surface area contributed by atoms with E-state index in [2.05, 4.69) is 0 Å². The van der Waals surface area contributed by atoms with Crippen LogP contribution in [0.15, 0.2) is 18.2 Å². The van der Waals surface area contributed by atoms with E-state index in [1.807, 2.05) is 0 Å². The average molecular weight is 249 g/mol. The molecule has 0 heterocycles. The Balaban J connectivity index is 3.05. The Hall–Kier alpha value is -1.59. The molecule has 0 aliphatic heterocycles. The highest BCUT2D eigenvalue weighted by Crippen LogP contribution is 2.24. The van der Waals surface area contributed by atoms with Crippen molar-refractivity contribution >= 4 is 11.5 Å². The molecule has 0 saturated carbocycles. The fourth-order valence-corrected chi connectivity index (χ4v) is 1.41.